The minimum absolute atomic E-state index is 0.0164. The minimum atomic E-state index is -1.09. The summed E-state index contributed by atoms with van der Waals surface area (Å²) in [7, 11) is 1.48. The van der Waals surface area contributed by atoms with E-state index in [2.05, 4.69) is 5.32 Å². The SMILES string of the molecule is COc1cc(C=O)cc2c1O[C@@H]1[C@@H](O)[C@H](N(CC3CCCCC3)C(=O)CC3CCCC3)C=C(C(=O)NCCO)[C@H]21. The maximum absolute atomic E-state index is 13.9. The van der Waals surface area contributed by atoms with E-state index in [0.717, 1.165) is 51.4 Å². The van der Waals surface area contributed by atoms with Crippen LogP contribution < -0.4 is 14.8 Å². The van der Waals surface area contributed by atoms with Gasteiger partial charge in [0.1, 0.15) is 18.5 Å². The van der Waals surface area contributed by atoms with E-state index in [9.17, 15) is 24.6 Å². The van der Waals surface area contributed by atoms with Gasteiger partial charge in [0, 0.05) is 36.2 Å². The quantitative estimate of drug-likeness (QED) is 0.380. The molecule has 0 aromatic heterocycles. The van der Waals surface area contributed by atoms with Crippen molar-refractivity contribution in [3.8, 4) is 11.5 Å². The number of carbonyl (C=O) groups is 3. The number of hydrogen-bond acceptors (Lipinski definition) is 7. The van der Waals surface area contributed by atoms with Gasteiger partial charge in [0.05, 0.1) is 25.7 Å². The molecule has 0 unspecified atom stereocenters. The van der Waals surface area contributed by atoms with Gasteiger partial charge in [0.15, 0.2) is 11.5 Å². The molecule has 0 spiro atoms. The molecule has 4 aliphatic rings. The number of methoxy groups -OCH3 is 1. The molecule has 0 saturated heterocycles. The average molecular weight is 555 g/mol. The Labute approximate surface area is 235 Å². The van der Waals surface area contributed by atoms with Crippen molar-refractivity contribution >= 4 is 18.1 Å². The van der Waals surface area contributed by atoms with Crippen molar-refractivity contribution in [3.05, 3.63) is 34.9 Å². The van der Waals surface area contributed by atoms with E-state index >= 15 is 0 Å². The zero-order valence-electron chi connectivity index (χ0n) is 23.3. The third-order valence-electron chi connectivity index (χ3n) is 9.21. The standard InChI is InChI=1S/C31H42N2O7/c1-39-25-14-21(18-35)13-22-27-23(31(38)32-11-12-34)16-24(28(37)30(27)40-29(22)25)33(17-20-9-3-2-4-10-20)26(36)15-19-7-5-6-8-19/h13-14,16,18-20,24,27-28,30,34,37H,2-12,15,17H2,1H3,(H,32,38)/t24-,27+,28+,30+/m1/s1. The summed E-state index contributed by atoms with van der Waals surface area (Å²) < 4.78 is 11.8. The lowest BCUT2D eigenvalue weighted by molar-refractivity contribution is -0.139. The van der Waals surface area contributed by atoms with Crippen molar-refractivity contribution in [2.45, 2.75) is 88.4 Å². The fourth-order valence-corrected chi connectivity index (χ4v) is 7.17. The van der Waals surface area contributed by atoms with E-state index in [0.29, 0.717) is 59.3 Å². The van der Waals surface area contributed by atoms with Crippen LogP contribution in [0, 0.1) is 11.8 Å². The zero-order valence-corrected chi connectivity index (χ0v) is 23.3. The average Bonchev–Trinajstić information content (AvgIpc) is 3.63. The molecule has 40 heavy (non-hydrogen) atoms. The van der Waals surface area contributed by atoms with Crippen molar-refractivity contribution in [1.29, 1.82) is 0 Å². The fourth-order valence-electron chi connectivity index (χ4n) is 7.17. The molecule has 1 aliphatic heterocycles. The summed E-state index contributed by atoms with van der Waals surface area (Å²) in [6.45, 7) is 0.389. The summed E-state index contributed by atoms with van der Waals surface area (Å²) in [6, 6.07) is 2.50. The first-order valence-corrected chi connectivity index (χ1v) is 14.9. The summed E-state index contributed by atoms with van der Waals surface area (Å²) in [5.74, 6) is 0.406. The second-order valence-corrected chi connectivity index (χ2v) is 11.8. The van der Waals surface area contributed by atoms with E-state index in [-0.39, 0.29) is 19.1 Å². The first-order chi connectivity index (χ1) is 19.4. The van der Waals surface area contributed by atoms with E-state index in [1.54, 1.807) is 18.2 Å². The van der Waals surface area contributed by atoms with E-state index in [1.165, 1.54) is 13.5 Å². The van der Waals surface area contributed by atoms with Crippen LogP contribution in [0.3, 0.4) is 0 Å². The Balaban J connectivity index is 1.54. The van der Waals surface area contributed by atoms with E-state index in [1.807, 2.05) is 4.90 Å². The number of carbonyl (C=O) groups excluding carboxylic acids is 3. The number of benzene rings is 1. The Morgan fingerprint density at radius 3 is 2.48 bits per heavy atom. The Morgan fingerprint density at radius 1 is 1.10 bits per heavy atom. The molecular weight excluding hydrogens is 512 g/mol. The van der Waals surface area contributed by atoms with Gasteiger partial charge in [-0.3, -0.25) is 14.4 Å². The van der Waals surface area contributed by atoms with Crippen LogP contribution >= 0.6 is 0 Å². The molecular formula is C31H42N2O7. The van der Waals surface area contributed by atoms with Crippen LogP contribution in [0.25, 0.3) is 0 Å². The second kappa shape index (κ2) is 12.7. The molecule has 9 nitrogen and oxygen atoms in total. The Hall–Kier alpha value is -2.91. The highest BCUT2D eigenvalue weighted by Gasteiger charge is 2.51. The highest BCUT2D eigenvalue weighted by Crippen LogP contribution is 2.51. The number of aliphatic hydroxyl groups excluding tert-OH is 2. The summed E-state index contributed by atoms with van der Waals surface area (Å²) in [5, 5.41) is 24.0. The van der Waals surface area contributed by atoms with Crippen molar-refractivity contribution < 1.29 is 34.1 Å². The number of hydrogen-bond donors (Lipinski definition) is 3. The van der Waals surface area contributed by atoms with Crippen LogP contribution in [-0.2, 0) is 9.59 Å². The lowest BCUT2D eigenvalue weighted by Crippen LogP contribution is -2.56. The number of rotatable bonds is 10. The summed E-state index contributed by atoms with van der Waals surface area (Å²) in [6.07, 6.45) is 10.9. The first-order valence-electron chi connectivity index (χ1n) is 14.9. The van der Waals surface area contributed by atoms with Gasteiger partial charge in [-0.1, -0.05) is 32.1 Å². The topological polar surface area (TPSA) is 125 Å². The van der Waals surface area contributed by atoms with Gasteiger partial charge in [-0.05, 0) is 55.7 Å². The molecule has 9 heteroatoms. The third-order valence-corrected chi connectivity index (χ3v) is 9.21. The number of nitrogens with one attached hydrogen (secondary N) is 1. The summed E-state index contributed by atoms with van der Waals surface area (Å²) in [5.41, 5.74) is 1.32. The molecule has 218 valence electrons. The molecule has 1 heterocycles. The van der Waals surface area contributed by atoms with E-state index in [4.69, 9.17) is 9.47 Å². The van der Waals surface area contributed by atoms with Crippen LogP contribution in [0.4, 0.5) is 0 Å². The number of aldehydes is 1. The molecule has 3 aliphatic carbocycles. The molecule has 5 rings (SSSR count). The van der Waals surface area contributed by atoms with Gasteiger partial charge in [-0.15, -0.1) is 0 Å². The van der Waals surface area contributed by atoms with Crippen molar-refractivity contribution in [2.75, 3.05) is 26.8 Å². The third kappa shape index (κ3) is 5.77. The van der Waals surface area contributed by atoms with Crippen LogP contribution in [0.2, 0.25) is 0 Å². The van der Waals surface area contributed by atoms with Crippen LogP contribution in [0.15, 0.2) is 23.8 Å². The highest BCUT2D eigenvalue weighted by molar-refractivity contribution is 5.96. The number of ether oxygens (including phenoxy) is 2. The molecule has 2 fully saturated rings. The predicted molar refractivity (Wildman–Crippen MR) is 148 cm³/mol. The molecule has 4 atom stereocenters. The number of amides is 2. The van der Waals surface area contributed by atoms with Crippen molar-refractivity contribution in [3.63, 3.8) is 0 Å². The fraction of sp³-hybridized carbons (Fsp3) is 0.645. The molecule has 0 radical (unpaired) electrons. The molecule has 2 saturated carbocycles. The summed E-state index contributed by atoms with van der Waals surface area (Å²) in [4.78, 5) is 40.9. The maximum Gasteiger partial charge on any atom is 0.247 e. The molecule has 0 bridgehead atoms. The number of nitrogens with zero attached hydrogens (tertiary/aromatic N) is 1. The Bertz CT molecular complexity index is 1120. The minimum Gasteiger partial charge on any atom is -0.493 e. The first kappa shape index (κ1) is 28.6. The van der Waals surface area contributed by atoms with Crippen LogP contribution in [0.1, 0.15) is 86.0 Å². The van der Waals surface area contributed by atoms with Gasteiger partial charge in [-0.25, -0.2) is 0 Å². The smallest absolute Gasteiger partial charge is 0.247 e. The second-order valence-electron chi connectivity index (χ2n) is 11.8. The van der Waals surface area contributed by atoms with E-state index < -0.39 is 30.1 Å². The van der Waals surface area contributed by atoms with Crippen molar-refractivity contribution in [1.82, 2.24) is 10.2 Å². The predicted octanol–water partition coefficient (Wildman–Crippen LogP) is 3.12. The monoisotopic (exact) mass is 554 g/mol. The normalized spacial score (nSPS) is 26.3. The highest BCUT2D eigenvalue weighted by atomic mass is 16.5. The van der Waals surface area contributed by atoms with Crippen LogP contribution in [-0.4, -0.2) is 78.3 Å². The molecule has 2 amide bonds. The van der Waals surface area contributed by atoms with Gasteiger partial charge in [0.2, 0.25) is 11.8 Å². The number of fused-ring (bicyclic) bond motifs is 3. The molecule has 1 aromatic carbocycles. The van der Waals surface area contributed by atoms with Crippen molar-refractivity contribution in [2.24, 2.45) is 11.8 Å². The van der Waals surface area contributed by atoms with Gasteiger partial charge in [0.25, 0.3) is 0 Å². The lowest BCUT2D eigenvalue weighted by atomic mass is 9.76. The molecule has 1 aromatic rings. The lowest BCUT2D eigenvalue weighted by Gasteiger charge is -2.42. The van der Waals surface area contributed by atoms with Gasteiger partial charge >= 0.3 is 0 Å². The van der Waals surface area contributed by atoms with Crippen LogP contribution in [0.5, 0.6) is 11.5 Å². The largest absolute Gasteiger partial charge is 0.493 e. The Morgan fingerprint density at radius 2 is 1.80 bits per heavy atom. The molecule has 3 N–H and O–H groups in total. The maximum atomic E-state index is 13.9. The zero-order chi connectivity index (χ0) is 28.2. The van der Waals surface area contributed by atoms with Gasteiger partial charge < -0.3 is 29.9 Å². The van der Waals surface area contributed by atoms with Gasteiger partial charge in [-0.2, -0.15) is 0 Å². The number of aliphatic hydroxyl groups is 2. The Kier molecular flexibility index (Phi) is 9.10. The summed E-state index contributed by atoms with van der Waals surface area (Å²) >= 11 is 0.